The molecule has 10 nitrogen and oxygen atoms in total. The molecule has 1 atom stereocenters. The Bertz CT molecular complexity index is 792. The van der Waals surface area contributed by atoms with Gasteiger partial charge in [0.1, 0.15) is 0 Å². The van der Waals surface area contributed by atoms with E-state index in [9.17, 15) is 9.59 Å². The number of hydrogen-bond donors (Lipinski definition) is 3. The second-order valence-electron chi connectivity index (χ2n) is 6.28. The van der Waals surface area contributed by atoms with Crippen molar-refractivity contribution in [1.29, 1.82) is 0 Å². The van der Waals surface area contributed by atoms with Crippen LogP contribution in [0.1, 0.15) is 12.8 Å². The molecule has 1 aromatic carbocycles. The molecule has 1 fully saturated rings. The third kappa shape index (κ3) is 4.26. The largest absolute Gasteiger partial charge is 0.465 e. The Morgan fingerprint density at radius 3 is 2.96 bits per heavy atom. The SMILES string of the molecule is Cn1nnnc1-c1cccc(NC(=O)NCC2CCCN(C(=O)O)C2)c1. The fourth-order valence-electron chi connectivity index (χ4n) is 3.03. The molecule has 0 spiro atoms. The van der Waals surface area contributed by atoms with Crippen molar-refractivity contribution in [2.75, 3.05) is 25.0 Å². The lowest BCUT2D eigenvalue weighted by Gasteiger charge is -2.30. The van der Waals surface area contributed by atoms with Crippen LogP contribution in [-0.2, 0) is 7.05 Å². The van der Waals surface area contributed by atoms with Gasteiger partial charge >= 0.3 is 12.1 Å². The molecule has 138 valence electrons. The second kappa shape index (κ2) is 7.81. The van der Waals surface area contributed by atoms with Gasteiger partial charge in [0, 0.05) is 37.9 Å². The van der Waals surface area contributed by atoms with Crippen molar-refractivity contribution in [1.82, 2.24) is 30.4 Å². The number of likely N-dealkylation sites (tertiary alicyclic amines) is 1. The zero-order chi connectivity index (χ0) is 18.5. The standard InChI is InChI=1S/C16H21N7O3/c1-22-14(19-20-21-22)12-5-2-6-13(8-12)18-15(24)17-9-11-4-3-7-23(10-11)16(25)26/h2,5-6,8,11H,3-4,7,9-10H2,1H3,(H,25,26)(H2,17,18,24). The molecule has 26 heavy (non-hydrogen) atoms. The molecule has 1 aliphatic rings. The van der Waals surface area contributed by atoms with Crippen LogP contribution in [0.15, 0.2) is 24.3 Å². The number of amides is 3. The van der Waals surface area contributed by atoms with Gasteiger partial charge in [-0.1, -0.05) is 12.1 Å². The summed E-state index contributed by atoms with van der Waals surface area (Å²) in [4.78, 5) is 24.6. The highest BCUT2D eigenvalue weighted by molar-refractivity contribution is 5.89. The summed E-state index contributed by atoms with van der Waals surface area (Å²) in [6.45, 7) is 1.44. The molecule has 0 saturated carbocycles. The van der Waals surface area contributed by atoms with E-state index in [1.165, 1.54) is 4.90 Å². The highest BCUT2D eigenvalue weighted by Crippen LogP contribution is 2.19. The van der Waals surface area contributed by atoms with Crippen LogP contribution < -0.4 is 10.6 Å². The van der Waals surface area contributed by atoms with Crippen molar-refractivity contribution >= 4 is 17.8 Å². The molecule has 1 aromatic heterocycles. The summed E-state index contributed by atoms with van der Waals surface area (Å²) in [5.74, 6) is 0.728. The van der Waals surface area contributed by atoms with Gasteiger partial charge in [0.25, 0.3) is 0 Å². The van der Waals surface area contributed by atoms with E-state index in [2.05, 4.69) is 26.2 Å². The number of carboxylic acid groups (broad SMARTS) is 1. The number of piperidine rings is 1. The van der Waals surface area contributed by atoms with E-state index < -0.39 is 6.09 Å². The third-order valence-corrected chi connectivity index (χ3v) is 4.34. The van der Waals surface area contributed by atoms with Crippen LogP contribution in [0.5, 0.6) is 0 Å². The first-order valence-corrected chi connectivity index (χ1v) is 8.38. The lowest BCUT2D eigenvalue weighted by molar-refractivity contribution is 0.120. The summed E-state index contributed by atoms with van der Waals surface area (Å²) in [5.41, 5.74) is 1.42. The van der Waals surface area contributed by atoms with Gasteiger partial charge in [-0.2, -0.15) is 0 Å². The highest BCUT2D eigenvalue weighted by atomic mass is 16.4. The predicted molar refractivity (Wildman–Crippen MR) is 93.6 cm³/mol. The van der Waals surface area contributed by atoms with E-state index in [-0.39, 0.29) is 11.9 Å². The molecule has 1 unspecified atom stereocenters. The van der Waals surface area contributed by atoms with E-state index in [0.717, 1.165) is 18.4 Å². The lowest BCUT2D eigenvalue weighted by Crippen LogP contribution is -2.43. The first kappa shape index (κ1) is 17.6. The lowest BCUT2D eigenvalue weighted by atomic mass is 9.98. The average molecular weight is 359 g/mol. The summed E-state index contributed by atoms with van der Waals surface area (Å²) in [5, 5.41) is 26.0. The molecule has 0 radical (unpaired) electrons. The van der Waals surface area contributed by atoms with Crippen molar-refractivity contribution in [3.8, 4) is 11.4 Å². The molecule has 0 aliphatic carbocycles. The Balaban J connectivity index is 1.54. The Labute approximate surface area is 150 Å². The van der Waals surface area contributed by atoms with Crippen molar-refractivity contribution in [2.45, 2.75) is 12.8 Å². The predicted octanol–water partition coefficient (Wildman–Crippen LogP) is 1.39. The molecule has 2 heterocycles. The van der Waals surface area contributed by atoms with Crippen LogP contribution in [0.25, 0.3) is 11.4 Å². The molecular formula is C16H21N7O3. The highest BCUT2D eigenvalue weighted by Gasteiger charge is 2.23. The quantitative estimate of drug-likeness (QED) is 0.757. The smallest absolute Gasteiger partial charge is 0.407 e. The number of hydrogen-bond acceptors (Lipinski definition) is 5. The minimum Gasteiger partial charge on any atom is -0.465 e. The van der Waals surface area contributed by atoms with Crippen LogP contribution in [-0.4, -0.2) is 62.0 Å². The number of rotatable bonds is 4. The van der Waals surface area contributed by atoms with Crippen LogP contribution >= 0.6 is 0 Å². The average Bonchev–Trinajstić information content (AvgIpc) is 3.06. The monoisotopic (exact) mass is 359 g/mol. The summed E-state index contributed by atoms with van der Waals surface area (Å²) in [6.07, 6.45) is 0.807. The summed E-state index contributed by atoms with van der Waals surface area (Å²) in [6, 6.07) is 6.91. The minimum atomic E-state index is -0.908. The van der Waals surface area contributed by atoms with Gasteiger partial charge in [0.2, 0.25) is 0 Å². The normalized spacial score (nSPS) is 17.0. The number of anilines is 1. The number of aromatic nitrogens is 4. The zero-order valence-electron chi connectivity index (χ0n) is 14.4. The molecule has 3 N–H and O–H groups in total. The number of carbonyl (C=O) groups is 2. The Kier molecular flexibility index (Phi) is 5.30. The van der Waals surface area contributed by atoms with Gasteiger partial charge in [-0.3, -0.25) is 0 Å². The van der Waals surface area contributed by atoms with Crippen molar-refractivity contribution < 1.29 is 14.7 Å². The van der Waals surface area contributed by atoms with Gasteiger partial charge in [-0.15, -0.1) is 5.10 Å². The van der Waals surface area contributed by atoms with Gasteiger partial charge < -0.3 is 20.6 Å². The van der Waals surface area contributed by atoms with E-state index in [1.54, 1.807) is 23.9 Å². The number of aryl methyl sites for hydroxylation is 1. The van der Waals surface area contributed by atoms with E-state index in [4.69, 9.17) is 5.11 Å². The number of urea groups is 1. The topological polar surface area (TPSA) is 125 Å². The summed E-state index contributed by atoms with van der Waals surface area (Å²) in [7, 11) is 1.74. The molecule has 3 amide bonds. The molecule has 2 aromatic rings. The number of carbonyl (C=O) groups excluding carboxylic acids is 1. The van der Waals surface area contributed by atoms with Gasteiger partial charge in [-0.05, 0) is 41.3 Å². The summed E-state index contributed by atoms with van der Waals surface area (Å²) >= 11 is 0. The van der Waals surface area contributed by atoms with Crippen LogP contribution in [0.2, 0.25) is 0 Å². The fraction of sp³-hybridized carbons (Fsp3) is 0.438. The van der Waals surface area contributed by atoms with Crippen LogP contribution in [0.4, 0.5) is 15.3 Å². The Hall–Kier alpha value is -3.17. The fourth-order valence-corrected chi connectivity index (χ4v) is 3.03. The molecule has 1 saturated heterocycles. The Morgan fingerprint density at radius 1 is 1.38 bits per heavy atom. The maximum atomic E-state index is 12.1. The minimum absolute atomic E-state index is 0.127. The van der Waals surface area contributed by atoms with Crippen molar-refractivity contribution in [2.24, 2.45) is 13.0 Å². The van der Waals surface area contributed by atoms with Crippen molar-refractivity contribution in [3.05, 3.63) is 24.3 Å². The first-order valence-electron chi connectivity index (χ1n) is 8.38. The molecule has 10 heteroatoms. The zero-order valence-corrected chi connectivity index (χ0v) is 14.4. The molecule has 1 aliphatic heterocycles. The Morgan fingerprint density at radius 2 is 2.23 bits per heavy atom. The number of nitrogens with one attached hydrogen (secondary N) is 2. The van der Waals surface area contributed by atoms with Gasteiger partial charge in [0.05, 0.1) is 0 Å². The van der Waals surface area contributed by atoms with Crippen LogP contribution in [0, 0.1) is 5.92 Å². The molecule has 0 bridgehead atoms. The van der Waals surface area contributed by atoms with Gasteiger partial charge in [-0.25, -0.2) is 14.3 Å². The summed E-state index contributed by atoms with van der Waals surface area (Å²) < 4.78 is 1.55. The second-order valence-corrected chi connectivity index (χ2v) is 6.28. The number of tetrazole rings is 1. The number of nitrogens with zero attached hydrogens (tertiary/aromatic N) is 5. The number of benzene rings is 1. The van der Waals surface area contributed by atoms with E-state index >= 15 is 0 Å². The first-order chi connectivity index (χ1) is 12.5. The maximum Gasteiger partial charge on any atom is 0.407 e. The third-order valence-electron chi connectivity index (χ3n) is 4.34. The van der Waals surface area contributed by atoms with Crippen LogP contribution in [0.3, 0.4) is 0 Å². The van der Waals surface area contributed by atoms with Crippen molar-refractivity contribution in [3.63, 3.8) is 0 Å². The van der Waals surface area contributed by atoms with E-state index in [0.29, 0.717) is 31.1 Å². The van der Waals surface area contributed by atoms with Gasteiger partial charge in [0.15, 0.2) is 5.82 Å². The molecular weight excluding hydrogens is 338 g/mol. The molecule has 3 rings (SSSR count). The maximum absolute atomic E-state index is 12.1. The van der Waals surface area contributed by atoms with E-state index in [1.807, 2.05) is 12.1 Å².